The molecule has 2 aromatic rings. The Morgan fingerprint density at radius 3 is 2.86 bits per heavy atom. The van der Waals surface area contributed by atoms with Crippen molar-refractivity contribution < 1.29 is 13.3 Å². The Morgan fingerprint density at radius 1 is 1.43 bits per heavy atom. The van der Waals surface area contributed by atoms with Crippen molar-refractivity contribution in [2.45, 2.75) is 44.6 Å². The third-order valence-electron chi connectivity index (χ3n) is 3.87. The highest BCUT2D eigenvalue weighted by Gasteiger charge is 2.35. The van der Waals surface area contributed by atoms with E-state index in [4.69, 9.17) is 4.52 Å². The molecule has 0 atom stereocenters. The van der Waals surface area contributed by atoms with Crippen LogP contribution in [0.15, 0.2) is 21.0 Å². The van der Waals surface area contributed by atoms with E-state index >= 15 is 0 Å². The van der Waals surface area contributed by atoms with Gasteiger partial charge in [0.05, 0.1) is 12.1 Å². The van der Waals surface area contributed by atoms with Crippen LogP contribution in [-0.2, 0) is 13.0 Å². The lowest BCUT2D eigenvalue weighted by Crippen LogP contribution is -2.27. The van der Waals surface area contributed by atoms with E-state index in [1.807, 2.05) is 0 Å². The minimum atomic E-state index is -2.54. The average Bonchev–Trinajstić information content (AvgIpc) is 3.06. The second-order valence-electron chi connectivity index (χ2n) is 5.42. The lowest BCUT2D eigenvalue weighted by Gasteiger charge is -2.27. The highest BCUT2D eigenvalue weighted by atomic mass is 32.1. The summed E-state index contributed by atoms with van der Waals surface area (Å²) >= 11 is 1.44. The van der Waals surface area contributed by atoms with Crippen molar-refractivity contribution in [3.8, 4) is 0 Å². The minimum Gasteiger partial charge on any atom is -0.296 e. The lowest BCUT2D eigenvalue weighted by atomic mass is 9.84. The monoisotopic (exact) mass is 315 g/mol. The molecule has 1 aliphatic carbocycles. The van der Waals surface area contributed by atoms with Crippen molar-refractivity contribution in [3.05, 3.63) is 33.0 Å². The Bertz CT molecular complexity index is 641. The highest BCUT2D eigenvalue weighted by molar-refractivity contribution is 7.09. The molecule has 0 N–H and O–H groups in total. The molecule has 114 valence electrons. The Morgan fingerprint density at radius 2 is 2.19 bits per heavy atom. The summed E-state index contributed by atoms with van der Waals surface area (Å²) in [5, 5.41) is 3.80. The maximum atomic E-state index is 13.2. The van der Waals surface area contributed by atoms with Crippen LogP contribution in [0.4, 0.5) is 8.78 Å². The Balaban J connectivity index is 1.70. The van der Waals surface area contributed by atoms with Gasteiger partial charge in [0, 0.05) is 30.3 Å². The predicted octanol–water partition coefficient (Wildman–Crippen LogP) is 2.71. The highest BCUT2D eigenvalue weighted by Crippen LogP contribution is 2.37. The van der Waals surface area contributed by atoms with Crippen molar-refractivity contribution in [3.63, 3.8) is 0 Å². The Kier molecular flexibility index (Phi) is 3.88. The zero-order valence-corrected chi connectivity index (χ0v) is 12.1. The SMILES string of the molecule is O=c1onc(CC2CCC(F)(F)CC2)n1Cc1cncs1. The Labute approximate surface area is 123 Å². The van der Waals surface area contributed by atoms with Crippen LogP contribution in [0.2, 0.25) is 0 Å². The van der Waals surface area contributed by atoms with Crippen LogP contribution in [0.5, 0.6) is 0 Å². The molecule has 2 heterocycles. The fraction of sp³-hybridized carbons (Fsp3) is 0.615. The maximum absolute atomic E-state index is 13.2. The number of thiazole rings is 1. The van der Waals surface area contributed by atoms with Crippen LogP contribution < -0.4 is 5.76 Å². The topological polar surface area (TPSA) is 60.9 Å². The molecule has 0 unspecified atom stereocenters. The van der Waals surface area contributed by atoms with Gasteiger partial charge in [0.25, 0.3) is 0 Å². The van der Waals surface area contributed by atoms with Crippen LogP contribution in [0, 0.1) is 5.92 Å². The first-order valence-electron chi connectivity index (χ1n) is 6.84. The molecule has 3 rings (SSSR count). The molecule has 21 heavy (non-hydrogen) atoms. The molecule has 1 saturated carbocycles. The molecule has 1 aliphatic rings. The van der Waals surface area contributed by atoms with E-state index in [2.05, 4.69) is 10.1 Å². The summed E-state index contributed by atoms with van der Waals surface area (Å²) in [5.74, 6) is -2.40. The maximum Gasteiger partial charge on any atom is 0.441 e. The summed E-state index contributed by atoms with van der Waals surface area (Å²) in [4.78, 5) is 16.6. The van der Waals surface area contributed by atoms with Crippen molar-refractivity contribution in [1.29, 1.82) is 0 Å². The van der Waals surface area contributed by atoms with Gasteiger partial charge in [-0.1, -0.05) is 5.16 Å². The summed E-state index contributed by atoms with van der Waals surface area (Å²) < 4.78 is 32.5. The number of aromatic nitrogens is 3. The molecule has 0 bridgehead atoms. The van der Waals surface area contributed by atoms with Crippen LogP contribution in [0.1, 0.15) is 36.4 Å². The molecule has 0 saturated heterocycles. The number of rotatable bonds is 4. The molecular formula is C13H15F2N3O2S. The second-order valence-corrected chi connectivity index (χ2v) is 6.39. The van der Waals surface area contributed by atoms with E-state index < -0.39 is 11.7 Å². The first-order valence-corrected chi connectivity index (χ1v) is 7.72. The number of hydrogen-bond acceptors (Lipinski definition) is 5. The summed E-state index contributed by atoms with van der Waals surface area (Å²) in [6, 6.07) is 0. The number of halogens is 2. The van der Waals surface area contributed by atoms with E-state index in [0.29, 0.717) is 31.6 Å². The minimum absolute atomic E-state index is 0.0887. The second kappa shape index (κ2) is 5.67. The van der Waals surface area contributed by atoms with Crippen molar-refractivity contribution in [2.24, 2.45) is 5.92 Å². The van der Waals surface area contributed by atoms with Gasteiger partial charge in [-0.05, 0) is 18.8 Å². The third kappa shape index (κ3) is 3.37. The predicted molar refractivity (Wildman–Crippen MR) is 72.6 cm³/mol. The van der Waals surface area contributed by atoms with Crippen LogP contribution >= 0.6 is 11.3 Å². The van der Waals surface area contributed by atoms with Crippen molar-refractivity contribution in [2.75, 3.05) is 0 Å². The molecule has 8 heteroatoms. The van der Waals surface area contributed by atoms with Crippen LogP contribution in [0.3, 0.4) is 0 Å². The molecule has 5 nitrogen and oxygen atoms in total. The van der Waals surface area contributed by atoms with E-state index in [1.165, 1.54) is 15.9 Å². The molecule has 0 aromatic carbocycles. The lowest BCUT2D eigenvalue weighted by molar-refractivity contribution is -0.0459. The number of alkyl halides is 2. The largest absolute Gasteiger partial charge is 0.441 e. The fourth-order valence-electron chi connectivity index (χ4n) is 2.64. The zero-order chi connectivity index (χ0) is 14.9. The first-order chi connectivity index (χ1) is 10.0. The van der Waals surface area contributed by atoms with Gasteiger partial charge < -0.3 is 0 Å². The average molecular weight is 315 g/mol. The van der Waals surface area contributed by atoms with Crippen molar-refractivity contribution in [1.82, 2.24) is 14.7 Å². The number of hydrogen-bond donors (Lipinski definition) is 0. The van der Waals surface area contributed by atoms with Gasteiger partial charge in [-0.2, -0.15) is 0 Å². The summed E-state index contributed by atoms with van der Waals surface area (Å²) in [7, 11) is 0. The molecule has 0 radical (unpaired) electrons. The molecule has 1 fully saturated rings. The van der Waals surface area contributed by atoms with Gasteiger partial charge in [0.1, 0.15) is 0 Å². The summed E-state index contributed by atoms with van der Waals surface area (Å²) in [5.41, 5.74) is 1.69. The molecule has 2 aromatic heterocycles. The van der Waals surface area contributed by atoms with Crippen LogP contribution in [-0.4, -0.2) is 20.6 Å². The van der Waals surface area contributed by atoms with E-state index in [-0.39, 0.29) is 18.8 Å². The summed E-state index contributed by atoms with van der Waals surface area (Å²) in [6.45, 7) is 0.366. The third-order valence-corrected chi connectivity index (χ3v) is 4.63. The molecular weight excluding hydrogens is 300 g/mol. The molecule has 0 amide bonds. The van der Waals surface area contributed by atoms with Gasteiger partial charge >= 0.3 is 5.76 Å². The standard InChI is InChI=1S/C13H15F2N3O2S/c14-13(15)3-1-9(2-4-13)5-11-17-20-12(19)18(11)7-10-6-16-8-21-10/h6,8-9H,1-5,7H2. The quantitative estimate of drug-likeness (QED) is 0.870. The summed E-state index contributed by atoms with van der Waals surface area (Å²) in [6.07, 6.45) is 2.92. The van der Waals surface area contributed by atoms with Gasteiger partial charge in [-0.25, -0.2) is 13.6 Å². The van der Waals surface area contributed by atoms with Crippen molar-refractivity contribution >= 4 is 11.3 Å². The van der Waals surface area contributed by atoms with Gasteiger partial charge in [0.15, 0.2) is 5.82 Å². The fourth-order valence-corrected chi connectivity index (χ4v) is 3.22. The Hall–Kier alpha value is -1.57. The zero-order valence-electron chi connectivity index (χ0n) is 11.3. The van der Waals surface area contributed by atoms with Gasteiger partial charge in [-0.15, -0.1) is 11.3 Å². The van der Waals surface area contributed by atoms with E-state index in [9.17, 15) is 13.6 Å². The molecule has 0 spiro atoms. The number of nitrogens with zero attached hydrogens (tertiary/aromatic N) is 3. The molecule has 0 aliphatic heterocycles. The van der Waals surface area contributed by atoms with Crippen LogP contribution in [0.25, 0.3) is 0 Å². The van der Waals surface area contributed by atoms with Gasteiger partial charge in [0.2, 0.25) is 5.92 Å². The smallest absolute Gasteiger partial charge is 0.296 e. The normalized spacial score (nSPS) is 19.0. The van der Waals surface area contributed by atoms with E-state index in [0.717, 1.165) is 4.88 Å². The van der Waals surface area contributed by atoms with E-state index in [1.54, 1.807) is 11.7 Å². The van der Waals surface area contributed by atoms with Gasteiger partial charge in [-0.3, -0.25) is 14.1 Å². The first kappa shape index (κ1) is 14.4.